The van der Waals surface area contributed by atoms with Crippen molar-refractivity contribution in [2.75, 3.05) is 19.3 Å². The van der Waals surface area contributed by atoms with Crippen LogP contribution in [0, 0.1) is 0 Å². The maximum Gasteiger partial charge on any atom is 0.208 e. The standard InChI is InChI=1S/C16H18N2O2S/c1-21(19,20)18-11-10-17-16-14-8-4-2-6-12(14)13-7-3-5-9-15(13)16/h2-9,16-18H,10-11H2,1H3. The van der Waals surface area contributed by atoms with Crippen LogP contribution in [0.5, 0.6) is 0 Å². The number of hydrogen-bond acceptors (Lipinski definition) is 3. The quantitative estimate of drug-likeness (QED) is 0.829. The fraction of sp³-hybridized carbons (Fsp3) is 0.250. The van der Waals surface area contributed by atoms with Gasteiger partial charge in [0.15, 0.2) is 0 Å². The van der Waals surface area contributed by atoms with Crippen LogP contribution in [0.15, 0.2) is 48.5 Å². The molecule has 1 aliphatic carbocycles. The van der Waals surface area contributed by atoms with Gasteiger partial charge in [0.1, 0.15) is 0 Å². The van der Waals surface area contributed by atoms with E-state index < -0.39 is 10.0 Å². The Bertz CT molecular complexity index is 711. The number of sulfonamides is 1. The highest BCUT2D eigenvalue weighted by Gasteiger charge is 2.27. The van der Waals surface area contributed by atoms with Crippen molar-refractivity contribution >= 4 is 10.0 Å². The topological polar surface area (TPSA) is 58.2 Å². The number of benzene rings is 2. The molecule has 5 heteroatoms. The highest BCUT2D eigenvalue weighted by molar-refractivity contribution is 7.88. The lowest BCUT2D eigenvalue weighted by molar-refractivity contribution is 0.572. The molecule has 2 aromatic carbocycles. The molecule has 110 valence electrons. The van der Waals surface area contributed by atoms with Gasteiger partial charge in [-0.25, -0.2) is 13.1 Å². The molecule has 0 amide bonds. The number of fused-ring (bicyclic) bond motifs is 3. The van der Waals surface area contributed by atoms with Gasteiger partial charge in [-0.3, -0.25) is 0 Å². The van der Waals surface area contributed by atoms with E-state index in [2.05, 4.69) is 34.3 Å². The van der Waals surface area contributed by atoms with E-state index in [-0.39, 0.29) is 6.04 Å². The summed E-state index contributed by atoms with van der Waals surface area (Å²) in [6, 6.07) is 16.8. The van der Waals surface area contributed by atoms with E-state index in [1.165, 1.54) is 28.5 Å². The molecule has 0 saturated heterocycles. The summed E-state index contributed by atoms with van der Waals surface area (Å²) >= 11 is 0. The van der Waals surface area contributed by atoms with Gasteiger partial charge in [-0.1, -0.05) is 48.5 Å². The maximum atomic E-state index is 11.1. The Morgan fingerprint density at radius 2 is 1.43 bits per heavy atom. The molecule has 0 atom stereocenters. The van der Waals surface area contributed by atoms with E-state index >= 15 is 0 Å². The summed E-state index contributed by atoms with van der Waals surface area (Å²) in [6.45, 7) is 0.972. The number of hydrogen-bond donors (Lipinski definition) is 2. The first-order valence-electron chi connectivity index (χ1n) is 6.92. The second-order valence-corrected chi connectivity index (χ2v) is 7.06. The Morgan fingerprint density at radius 3 is 1.95 bits per heavy atom. The molecule has 2 N–H and O–H groups in total. The van der Waals surface area contributed by atoms with Gasteiger partial charge in [-0.2, -0.15) is 0 Å². The van der Waals surface area contributed by atoms with E-state index in [0.29, 0.717) is 13.1 Å². The molecule has 4 nitrogen and oxygen atoms in total. The number of nitrogens with one attached hydrogen (secondary N) is 2. The molecule has 0 radical (unpaired) electrons. The maximum absolute atomic E-state index is 11.1. The minimum Gasteiger partial charge on any atom is -0.305 e. The van der Waals surface area contributed by atoms with Crippen molar-refractivity contribution < 1.29 is 8.42 Å². The van der Waals surface area contributed by atoms with Gasteiger partial charge in [0.05, 0.1) is 12.3 Å². The monoisotopic (exact) mass is 302 g/mol. The molecule has 0 bridgehead atoms. The van der Waals surface area contributed by atoms with Crippen LogP contribution in [0.4, 0.5) is 0 Å². The molecule has 0 heterocycles. The fourth-order valence-electron chi connectivity index (χ4n) is 2.83. The fourth-order valence-corrected chi connectivity index (χ4v) is 3.30. The highest BCUT2D eigenvalue weighted by Crippen LogP contribution is 2.42. The van der Waals surface area contributed by atoms with Crippen LogP contribution in [0.2, 0.25) is 0 Å². The van der Waals surface area contributed by atoms with E-state index in [9.17, 15) is 8.42 Å². The second kappa shape index (κ2) is 5.60. The van der Waals surface area contributed by atoms with Crippen LogP contribution >= 0.6 is 0 Å². The molecule has 0 aromatic heterocycles. The highest BCUT2D eigenvalue weighted by atomic mass is 32.2. The molecule has 0 spiro atoms. The average Bonchev–Trinajstić information content (AvgIpc) is 2.77. The first-order valence-corrected chi connectivity index (χ1v) is 8.81. The molecule has 0 aliphatic heterocycles. The Morgan fingerprint density at radius 1 is 0.905 bits per heavy atom. The van der Waals surface area contributed by atoms with Crippen LogP contribution in [0.3, 0.4) is 0 Å². The van der Waals surface area contributed by atoms with Crippen LogP contribution in [-0.4, -0.2) is 27.8 Å². The zero-order valence-electron chi connectivity index (χ0n) is 11.8. The molecule has 1 aliphatic rings. The third-order valence-electron chi connectivity index (χ3n) is 3.67. The Balaban J connectivity index is 1.79. The van der Waals surface area contributed by atoms with Crippen LogP contribution in [0.1, 0.15) is 17.2 Å². The van der Waals surface area contributed by atoms with Gasteiger partial charge in [-0.05, 0) is 22.3 Å². The first-order chi connectivity index (χ1) is 10.1. The van der Waals surface area contributed by atoms with Crippen molar-refractivity contribution in [3.05, 3.63) is 59.7 Å². The number of rotatable bonds is 5. The van der Waals surface area contributed by atoms with Crippen LogP contribution in [0.25, 0.3) is 11.1 Å². The van der Waals surface area contributed by atoms with Crippen molar-refractivity contribution in [2.24, 2.45) is 0 Å². The summed E-state index contributed by atoms with van der Waals surface area (Å²) in [5.41, 5.74) is 5.00. The van der Waals surface area contributed by atoms with Gasteiger partial charge >= 0.3 is 0 Å². The van der Waals surface area contributed by atoms with Gasteiger partial charge in [0, 0.05) is 13.1 Å². The lowest BCUT2D eigenvalue weighted by Crippen LogP contribution is -2.32. The van der Waals surface area contributed by atoms with Crippen molar-refractivity contribution in [1.82, 2.24) is 10.0 Å². The SMILES string of the molecule is CS(=O)(=O)NCCNC1c2ccccc2-c2ccccc21. The van der Waals surface area contributed by atoms with E-state index in [4.69, 9.17) is 0 Å². The zero-order valence-corrected chi connectivity index (χ0v) is 12.7. The predicted molar refractivity (Wildman–Crippen MR) is 84.6 cm³/mol. The van der Waals surface area contributed by atoms with Crippen molar-refractivity contribution in [3.63, 3.8) is 0 Å². The third-order valence-corrected chi connectivity index (χ3v) is 4.40. The second-order valence-electron chi connectivity index (χ2n) is 5.23. The Hall–Kier alpha value is -1.69. The van der Waals surface area contributed by atoms with Gasteiger partial charge in [0.25, 0.3) is 0 Å². The van der Waals surface area contributed by atoms with E-state index in [1.54, 1.807) is 0 Å². The zero-order chi connectivity index (χ0) is 14.9. The molecular formula is C16H18N2O2S. The van der Waals surface area contributed by atoms with Gasteiger partial charge in [-0.15, -0.1) is 0 Å². The summed E-state index contributed by atoms with van der Waals surface area (Å²) in [6.07, 6.45) is 1.17. The summed E-state index contributed by atoms with van der Waals surface area (Å²) in [5.74, 6) is 0. The lowest BCUT2D eigenvalue weighted by Gasteiger charge is -2.15. The summed E-state index contributed by atoms with van der Waals surface area (Å²) in [7, 11) is -3.13. The van der Waals surface area contributed by atoms with Crippen molar-refractivity contribution in [3.8, 4) is 11.1 Å². The Labute approximate surface area is 125 Å². The first kappa shape index (κ1) is 14.3. The predicted octanol–water partition coefficient (Wildman–Crippen LogP) is 1.90. The van der Waals surface area contributed by atoms with Crippen molar-refractivity contribution in [1.29, 1.82) is 0 Å². The smallest absolute Gasteiger partial charge is 0.208 e. The summed E-state index contributed by atoms with van der Waals surface area (Å²) < 4.78 is 24.7. The summed E-state index contributed by atoms with van der Waals surface area (Å²) in [4.78, 5) is 0. The minimum absolute atomic E-state index is 0.124. The molecule has 3 rings (SSSR count). The molecule has 21 heavy (non-hydrogen) atoms. The van der Waals surface area contributed by atoms with Gasteiger partial charge in [0.2, 0.25) is 10.0 Å². The van der Waals surface area contributed by atoms with Crippen molar-refractivity contribution in [2.45, 2.75) is 6.04 Å². The average molecular weight is 302 g/mol. The minimum atomic E-state index is -3.13. The van der Waals surface area contributed by atoms with Crippen LogP contribution in [-0.2, 0) is 10.0 Å². The van der Waals surface area contributed by atoms with E-state index in [1.807, 2.05) is 24.3 Å². The van der Waals surface area contributed by atoms with Crippen LogP contribution < -0.4 is 10.0 Å². The normalized spacial score (nSPS) is 14.0. The molecule has 2 aromatic rings. The van der Waals surface area contributed by atoms with Gasteiger partial charge < -0.3 is 5.32 Å². The summed E-state index contributed by atoms with van der Waals surface area (Å²) in [5, 5.41) is 3.44. The Kier molecular flexibility index (Phi) is 3.80. The third kappa shape index (κ3) is 3.00. The molecular weight excluding hydrogens is 284 g/mol. The lowest BCUT2D eigenvalue weighted by atomic mass is 10.1. The molecule has 0 unspecified atom stereocenters. The van der Waals surface area contributed by atoms with E-state index in [0.717, 1.165) is 0 Å². The largest absolute Gasteiger partial charge is 0.305 e. The molecule has 0 saturated carbocycles. The molecule has 0 fully saturated rings.